The summed E-state index contributed by atoms with van der Waals surface area (Å²) in [5, 5.41) is 9.70. The Morgan fingerprint density at radius 1 is 1.24 bits per heavy atom. The molecule has 0 aliphatic rings. The number of benzene rings is 1. The fourth-order valence-corrected chi connectivity index (χ4v) is 2.83. The summed E-state index contributed by atoms with van der Waals surface area (Å²) in [7, 11) is 0. The quantitative estimate of drug-likeness (QED) is 0.837. The van der Waals surface area contributed by atoms with E-state index < -0.39 is 0 Å². The maximum atomic E-state index is 4.87. The highest BCUT2D eigenvalue weighted by Crippen LogP contribution is 2.33. The van der Waals surface area contributed by atoms with Crippen molar-refractivity contribution in [2.75, 3.05) is 13.1 Å². The third-order valence-corrected chi connectivity index (χ3v) is 4.78. The predicted octanol–water partition coefficient (Wildman–Crippen LogP) is 3.87. The van der Waals surface area contributed by atoms with Crippen LogP contribution in [0.2, 0.25) is 0 Å². The van der Waals surface area contributed by atoms with Gasteiger partial charge in [-0.15, -0.1) is 0 Å². The summed E-state index contributed by atoms with van der Waals surface area (Å²) in [5.41, 5.74) is 2.72. The molecule has 0 aliphatic heterocycles. The predicted molar refractivity (Wildman–Crippen MR) is 90.6 cm³/mol. The zero-order valence-corrected chi connectivity index (χ0v) is 14.1. The highest BCUT2D eigenvalue weighted by atomic mass is 15.3. The molecule has 3 heteroatoms. The van der Waals surface area contributed by atoms with Gasteiger partial charge in [0, 0.05) is 18.5 Å². The Bertz CT molecular complexity index is 585. The molecule has 2 rings (SSSR count). The van der Waals surface area contributed by atoms with Gasteiger partial charge in [-0.3, -0.25) is 4.68 Å². The van der Waals surface area contributed by atoms with Crippen molar-refractivity contribution in [2.24, 2.45) is 11.3 Å². The molecule has 0 amide bonds. The monoisotopic (exact) mass is 287 g/mol. The van der Waals surface area contributed by atoms with Crippen molar-refractivity contribution in [3.63, 3.8) is 0 Å². The van der Waals surface area contributed by atoms with E-state index in [9.17, 15) is 0 Å². The number of fused-ring (bicyclic) bond motifs is 1. The number of nitrogens with one attached hydrogen (secondary N) is 1. The number of rotatable bonds is 7. The van der Waals surface area contributed by atoms with Crippen molar-refractivity contribution in [3.8, 4) is 0 Å². The average Bonchev–Trinajstić information content (AvgIpc) is 2.83. The third-order valence-electron chi connectivity index (χ3n) is 4.78. The van der Waals surface area contributed by atoms with E-state index in [2.05, 4.69) is 68.9 Å². The number of hydrogen-bond donors (Lipinski definition) is 1. The van der Waals surface area contributed by atoms with Crippen molar-refractivity contribution in [1.29, 1.82) is 0 Å². The van der Waals surface area contributed by atoms with Gasteiger partial charge in [-0.25, -0.2) is 0 Å². The first-order chi connectivity index (χ1) is 10.0. The second-order valence-electron chi connectivity index (χ2n) is 6.55. The molecule has 1 aromatic heterocycles. The van der Waals surface area contributed by atoms with Crippen LogP contribution in [0.1, 0.15) is 40.3 Å². The van der Waals surface area contributed by atoms with Gasteiger partial charge in [0.1, 0.15) is 0 Å². The first-order valence-electron chi connectivity index (χ1n) is 8.17. The van der Waals surface area contributed by atoms with Crippen molar-refractivity contribution in [2.45, 2.75) is 47.6 Å². The number of hydrogen-bond acceptors (Lipinski definition) is 2. The Morgan fingerprint density at radius 3 is 2.57 bits per heavy atom. The van der Waals surface area contributed by atoms with Crippen LogP contribution in [0.4, 0.5) is 0 Å². The minimum Gasteiger partial charge on any atom is -0.316 e. The molecule has 0 saturated carbocycles. The molecule has 0 fully saturated rings. The van der Waals surface area contributed by atoms with Crippen molar-refractivity contribution in [1.82, 2.24) is 15.1 Å². The maximum Gasteiger partial charge on any atom is 0.0709 e. The van der Waals surface area contributed by atoms with Crippen LogP contribution in [0.15, 0.2) is 24.3 Å². The lowest BCUT2D eigenvalue weighted by atomic mass is 9.75. The fraction of sp³-hybridized carbons (Fsp3) is 0.611. The molecule has 1 heterocycles. The van der Waals surface area contributed by atoms with E-state index in [4.69, 9.17) is 5.10 Å². The zero-order chi connectivity index (χ0) is 15.5. The average molecular weight is 287 g/mol. The standard InChI is InChI=1S/C18H29N3/c1-6-19-13-18(5,14(3)4)12-16-15-10-8-9-11-17(15)21(7-2)20-16/h8-11,14,19H,6-7,12-13H2,1-5H3. The van der Waals surface area contributed by atoms with Crippen LogP contribution in [0.5, 0.6) is 0 Å². The Balaban J connectivity index is 2.37. The van der Waals surface area contributed by atoms with Crippen LogP contribution in [-0.4, -0.2) is 22.9 Å². The van der Waals surface area contributed by atoms with E-state index in [-0.39, 0.29) is 5.41 Å². The van der Waals surface area contributed by atoms with Crippen LogP contribution in [0.3, 0.4) is 0 Å². The van der Waals surface area contributed by atoms with Crippen molar-refractivity contribution < 1.29 is 0 Å². The molecule has 1 N–H and O–H groups in total. The van der Waals surface area contributed by atoms with Crippen LogP contribution in [-0.2, 0) is 13.0 Å². The molecule has 2 aromatic rings. The Hall–Kier alpha value is -1.35. The summed E-state index contributed by atoms with van der Waals surface area (Å²) in [6, 6.07) is 8.59. The lowest BCUT2D eigenvalue weighted by Crippen LogP contribution is -2.38. The molecule has 1 unspecified atom stereocenters. The molecule has 0 saturated heterocycles. The second-order valence-corrected chi connectivity index (χ2v) is 6.55. The van der Waals surface area contributed by atoms with Gasteiger partial charge in [-0.2, -0.15) is 5.10 Å². The molecule has 1 atom stereocenters. The molecule has 0 spiro atoms. The molecule has 0 aliphatic carbocycles. The minimum atomic E-state index is 0.228. The zero-order valence-electron chi connectivity index (χ0n) is 14.1. The first-order valence-corrected chi connectivity index (χ1v) is 8.17. The lowest BCUT2D eigenvalue weighted by molar-refractivity contribution is 0.207. The van der Waals surface area contributed by atoms with Crippen LogP contribution < -0.4 is 5.32 Å². The summed E-state index contributed by atoms with van der Waals surface area (Å²) >= 11 is 0. The van der Waals surface area contributed by atoms with E-state index >= 15 is 0 Å². The molecule has 116 valence electrons. The van der Waals surface area contributed by atoms with Crippen LogP contribution >= 0.6 is 0 Å². The van der Waals surface area contributed by atoms with Gasteiger partial charge in [0.2, 0.25) is 0 Å². The highest BCUT2D eigenvalue weighted by Gasteiger charge is 2.30. The molecular formula is C18H29N3. The fourth-order valence-electron chi connectivity index (χ4n) is 2.83. The van der Waals surface area contributed by atoms with Crippen LogP contribution in [0, 0.1) is 11.3 Å². The third kappa shape index (κ3) is 3.29. The van der Waals surface area contributed by atoms with Gasteiger partial charge < -0.3 is 5.32 Å². The van der Waals surface area contributed by atoms with E-state index in [0.29, 0.717) is 5.92 Å². The largest absolute Gasteiger partial charge is 0.316 e. The number of aromatic nitrogens is 2. The number of nitrogens with zero attached hydrogens (tertiary/aromatic N) is 2. The summed E-state index contributed by atoms with van der Waals surface area (Å²) in [4.78, 5) is 0. The van der Waals surface area contributed by atoms with Crippen molar-refractivity contribution in [3.05, 3.63) is 30.0 Å². The van der Waals surface area contributed by atoms with E-state index in [1.165, 1.54) is 16.6 Å². The van der Waals surface area contributed by atoms with Gasteiger partial charge in [0.25, 0.3) is 0 Å². The van der Waals surface area contributed by atoms with Gasteiger partial charge >= 0.3 is 0 Å². The molecule has 0 bridgehead atoms. The summed E-state index contributed by atoms with van der Waals surface area (Å²) < 4.78 is 2.12. The summed E-state index contributed by atoms with van der Waals surface area (Å²) in [5.74, 6) is 0.613. The van der Waals surface area contributed by atoms with Crippen LogP contribution in [0.25, 0.3) is 10.9 Å². The molecule has 0 radical (unpaired) electrons. The van der Waals surface area contributed by atoms with Gasteiger partial charge in [-0.1, -0.05) is 45.9 Å². The normalized spacial score (nSPS) is 14.8. The first kappa shape index (κ1) is 16.0. The van der Waals surface area contributed by atoms with Gasteiger partial charge in [0.05, 0.1) is 11.2 Å². The SMILES string of the molecule is CCNCC(C)(Cc1nn(CC)c2ccccc12)C(C)C. The topological polar surface area (TPSA) is 29.9 Å². The molecule has 3 nitrogen and oxygen atoms in total. The number of aryl methyl sites for hydroxylation is 1. The van der Waals surface area contributed by atoms with Gasteiger partial charge in [0.15, 0.2) is 0 Å². The molecule has 1 aromatic carbocycles. The Labute approximate surface area is 128 Å². The molecule has 21 heavy (non-hydrogen) atoms. The molecular weight excluding hydrogens is 258 g/mol. The smallest absolute Gasteiger partial charge is 0.0709 e. The lowest BCUT2D eigenvalue weighted by Gasteiger charge is -2.33. The van der Waals surface area contributed by atoms with Crippen molar-refractivity contribution >= 4 is 10.9 Å². The summed E-state index contributed by atoms with van der Waals surface area (Å²) in [6.45, 7) is 14.3. The van der Waals surface area contributed by atoms with E-state index in [1.807, 2.05) is 0 Å². The number of para-hydroxylation sites is 1. The van der Waals surface area contributed by atoms with E-state index in [1.54, 1.807) is 0 Å². The minimum absolute atomic E-state index is 0.228. The maximum absolute atomic E-state index is 4.87. The summed E-state index contributed by atoms with van der Waals surface area (Å²) in [6.07, 6.45) is 1.02. The Morgan fingerprint density at radius 2 is 1.95 bits per heavy atom. The highest BCUT2D eigenvalue weighted by molar-refractivity contribution is 5.82. The second kappa shape index (κ2) is 6.61. The Kier molecular flexibility index (Phi) is 5.04. The van der Waals surface area contributed by atoms with Gasteiger partial charge in [-0.05, 0) is 37.3 Å². The van der Waals surface area contributed by atoms with E-state index in [0.717, 1.165) is 26.1 Å².